The summed E-state index contributed by atoms with van der Waals surface area (Å²) in [5.41, 5.74) is -0.289. The summed E-state index contributed by atoms with van der Waals surface area (Å²) < 4.78 is 0. The van der Waals surface area contributed by atoms with Gasteiger partial charge in [0, 0.05) is 12.0 Å². The fraction of sp³-hybridized carbons (Fsp3) is 0.867. The Morgan fingerprint density at radius 2 is 1.70 bits per heavy atom. The highest BCUT2D eigenvalue weighted by Crippen LogP contribution is 2.31. The number of carbonyl (C=O) groups excluding carboxylic acids is 1. The van der Waals surface area contributed by atoms with Crippen molar-refractivity contribution in [3.8, 4) is 0 Å². The number of carboxylic acid groups (broad SMARTS) is 1. The highest BCUT2D eigenvalue weighted by molar-refractivity contribution is 5.84. The van der Waals surface area contributed by atoms with Crippen molar-refractivity contribution < 1.29 is 19.8 Å². The molecule has 0 radical (unpaired) electrons. The maximum absolute atomic E-state index is 12.3. The van der Waals surface area contributed by atoms with Gasteiger partial charge in [-0.15, -0.1) is 0 Å². The molecule has 0 spiro atoms. The van der Waals surface area contributed by atoms with Gasteiger partial charge in [0.25, 0.3) is 0 Å². The minimum Gasteiger partial charge on any atom is -0.481 e. The second kappa shape index (κ2) is 7.62. The molecule has 1 saturated carbocycles. The zero-order valence-electron chi connectivity index (χ0n) is 12.5. The Hall–Kier alpha value is -1.10. The quantitative estimate of drug-likeness (QED) is 0.665. The Labute approximate surface area is 120 Å². The van der Waals surface area contributed by atoms with Crippen LogP contribution in [0.3, 0.4) is 0 Å². The fourth-order valence-corrected chi connectivity index (χ4v) is 2.93. The molecule has 1 fully saturated rings. The standard InChI is InChI=1S/C15H27NO4/c1-3-15(4-2,10-17)9-16-13(18)11-7-5-6-8-12(11)14(19)20/h11-12,17H,3-10H2,1-2H3,(H,16,18)(H,19,20). The second-order valence-electron chi connectivity index (χ2n) is 5.92. The van der Waals surface area contributed by atoms with Crippen molar-refractivity contribution in [2.24, 2.45) is 17.3 Å². The van der Waals surface area contributed by atoms with E-state index in [-0.39, 0.29) is 17.9 Å². The summed E-state index contributed by atoms with van der Waals surface area (Å²) in [5.74, 6) is -2.03. The number of aliphatic carboxylic acids is 1. The van der Waals surface area contributed by atoms with Gasteiger partial charge in [0.05, 0.1) is 18.4 Å². The molecule has 2 atom stereocenters. The third-order valence-electron chi connectivity index (χ3n) is 4.89. The summed E-state index contributed by atoms with van der Waals surface area (Å²) in [5, 5.41) is 21.6. The van der Waals surface area contributed by atoms with Gasteiger partial charge in [-0.3, -0.25) is 9.59 Å². The van der Waals surface area contributed by atoms with Crippen LogP contribution in [-0.4, -0.2) is 35.2 Å². The molecule has 1 amide bonds. The number of amides is 1. The Balaban J connectivity index is 2.62. The molecule has 1 aliphatic carbocycles. The van der Waals surface area contributed by atoms with E-state index >= 15 is 0 Å². The zero-order valence-corrected chi connectivity index (χ0v) is 12.5. The molecule has 116 valence electrons. The summed E-state index contributed by atoms with van der Waals surface area (Å²) in [4.78, 5) is 23.5. The van der Waals surface area contributed by atoms with Crippen molar-refractivity contribution in [1.82, 2.24) is 5.32 Å². The molecular formula is C15H27NO4. The molecule has 1 aliphatic rings. The van der Waals surface area contributed by atoms with E-state index in [0.717, 1.165) is 25.7 Å². The van der Waals surface area contributed by atoms with Gasteiger partial charge in [0.1, 0.15) is 0 Å². The Bertz CT molecular complexity index is 331. The summed E-state index contributed by atoms with van der Waals surface area (Å²) in [6.07, 6.45) is 4.59. The number of hydrogen-bond donors (Lipinski definition) is 3. The van der Waals surface area contributed by atoms with Crippen molar-refractivity contribution in [2.75, 3.05) is 13.2 Å². The third-order valence-corrected chi connectivity index (χ3v) is 4.89. The number of hydrogen-bond acceptors (Lipinski definition) is 3. The summed E-state index contributed by atoms with van der Waals surface area (Å²) in [6.45, 7) is 4.44. The number of aliphatic hydroxyl groups is 1. The van der Waals surface area contributed by atoms with Crippen LogP contribution in [0.2, 0.25) is 0 Å². The van der Waals surface area contributed by atoms with Gasteiger partial charge < -0.3 is 15.5 Å². The first kappa shape index (κ1) is 17.0. The molecule has 0 aliphatic heterocycles. The van der Waals surface area contributed by atoms with Crippen LogP contribution >= 0.6 is 0 Å². The van der Waals surface area contributed by atoms with Gasteiger partial charge in [-0.2, -0.15) is 0 Å². The van der Waals surface area contributed by atoms with E-state index in [9.17, 15) is 19.8 Å². The molecular weight excluding hydrogens is 258 g/mol. The number of carbonyl (C=O) groups is 2. The molecule has 0 bridgehead atoms. The van der Waals surface area contributed by atoms with Gasteiger partial charge in [-0.05, 0) is 25.7 Å². The van der Waals surface area contributed by atoms with Crippen LogP contribution in [0.5, 0.6) is 0 Å². The maximum Gasteiger partial charge on any atom is 0.307 e. The molecule has 2 unspecified atom stereocenters. The minimum absolute atomic E-state index is 0.0350. The lowest BCUT2D eigenvalue weighted by Crippen LogP contribution is -2.45. The first-order valence-corrected chi connectivity index (χ1v) is 7.61. The van der Waals surface area contributed by atoms with Crippen LogP contribution in [0.15, 0.2) is 0 Å². The van der Waals surface area contributed by atoms with Gasteiger partial charge in [-0.1, -0.05) is 26.7 Å². The predicted molar refractivity (Wildman–Crippen MR) is 76.2 cm³/mol. The number of carboxylic acids is 1. The van der Waals surface area contributed by atoms with Gasteiger partial charge in [0.15, 0.2) is 0 Å². The highest BCUT2D eigenvalue weighted by atomic mass is 16.4. The molecule has 5 heteroatoms. The van der Waals surface area contributed by atoms with Crippen LogP contribution in [0.1, 0.15) is 52.4 Å². The SMILES string of the molecule is CCC(CC)(CO)CNC(=O)C1CCCCC1C(=O)O. The smallest absolute Gasteiger partial charge is 0.307 e. The third kappa shape index (κ3) is 3.95. The van der Waals surface area contributed by atoms with E-state index in [2.05, 4.69) is 5.32 Å². The van der Waals surface area contributed by atoms with E-state index in [1.54, 1.807) is 0 Å². The minimum atomic E-state index is -0.871. The summed E-state index contributed by atoms with van der Waals surface area (Å²) in [7, 11) is 0. The average Bonchev–Trinajstić information content (AvgIpc) is 2.49. The van der Waals surface area contributed by atoms with Crippen molar-refractivity contribution in [3.05, 3.63) is 0 Å². The van der Waals surface area contributed by atoms with Crippen LogP contribution in [0.25, 0.3) is 0 Å². The predicted octanol–water partition coefficient (Wildman–Crippen LogP) is 1.79. The zero-order chi connectivity index (χ0) is 15.2. The van der Waals surface area contributed by atoms with E-state index in [1.807, 2.05) is 13.8 Å². The van der Waals surface area contributed by atoms with Crippen molar-refractivity contribution in [2.45, 2.75) is 52.4 Å². The molecule has 0 saturated heterocycles. The van der Waals surface area contributed by atoms with Crippen LogP contribution in [0, 0.1) is 17.3 Å². The van der Waals surface area contributed by atoms with E-state index < -0.39 is 17.8 Å². The molecule has 0 aromatic carbocycles. The van der Waals surface area contributed by atoms with Crippen molar-refractivity contribution >= 4 is 11.9 Å². The summed E-state index contributed by atoms with van der Waals surface area (Å²) in [6, 6.07) is 0. The highest BCUT2D eigenvalue weighted by Gasteiger charge is 2.36. The fourth-order valence-electron chi connectivity index (χ4n) is 2.93. The number of aliphatic hydroxyl groups excluding tert-OH is 1. The van der Waals surface area contributed by atoms with E-state index in [0.29, 0.717) is 19.4 Å². The Kier molecular flexibility index (Phi) is 6.46. The lowest BCUT2D eigenvalue weighted by Gasteiger charge is -2.32. The maximum atomic E-state index is 12.3. The van der Waals surface area contributed by atoms with Gasteiger partial charge in [0.2, 0.25) is 5.91 Å². The average molecular weight is 285 g/mol. The van der Waals surface area contributed by atoms with E-state index in [1.165, 1.54) is 0 Å². The largest absolute Gasteiger partial charge is 0.481 e. The lowest BCUT2D eigenvalue weighted by atomic mass is 9.78. The normalized spacial score (nSPS) is 23.4. The molecule has 3 N–H and O–H groups in total. The molecule has 0 aromatic rings. The topological polar surface area (TPSA) is 86.6 Å². The van der Waals surface area contributed by atoms with E-state index in [4.69, 9.17) is 0 Å². The lowest BCUT2D eigenvalue weighted by molar-refractivity contribution is -0.149. The molecule has 5 nitrogen and oxygen atoms in total. The Morgan fingerprint density at radius 3 is 2.15 bits per heavy atom. The molecule has 20 heavy (non-hydrogen) atoms. The molecule has 0 heterocycles. The van der Waals surface area contributed by atoms with Gasteiger partial charge in [-0.25, -0.2) is 0 Å². The van der Waals surface area contributed by atoms with Gasteiger partial charge >= 0.3 is 5.97 Å². The molecule has 0 aromatic heterocycles. The van der Waals surface area contributed by atoms with Crippen molar-refractivity contribution in [1.29, 1.82) is 0 Å². The molecule has 1 rings (SSSR count). The van der Waals surface area contributed by atoms with Crippen LogP contribution in [-0.2, 0) is 9.59 Å². The monoisotopic (exact) mass is 285 g/mol. The van der Waals surface area contributed by atoms with Crippen LogP contribution in [0.4, 0.5) is 0 Å². The Morgan fingerprint density at radius 1 is 1.15 bits per heavy atom. The van der Waals surface area contributed by atoms with Crippen molar-refractivity contribution in [3.63, 3.8) is 0 Å². The number of nitrogens with one attached hydrogen (secondary N) is 1. The number of rotatable bonds is 7. The summed E-state index contributed by atoms with van der Waals surface area (Å²) >= 11 is 0. The van der Waals surface area contributed by atoms with Crippen LogP contribution < -0.4 is 5.32 Å². The second-order valence-corrected chi connectivity index (χ2v) is 5.92. The first-order valence-electron chi connectivity index (χ1n) is 7.61. The first-order chi connectivity index (χ1) is 9.49.